The van der Waals surface area contributed by atoms with Gasteiger partial charge in [0, 0.05) is 6.04 Å². The average molecular weight is 297 g/mol. The van der Waals surface area contributed by atoms with Crippen LogP contribution in [0.2, 0.25) is 0 Å². The summed E-state index contributed by atoms with van der Waals surface area (Å²) in [7, 11) is 3.38. The molecule has 0 bridgehead atoms. The van der Waals surface area contributed by atoms with Gasteiger partial charge >= 0.3 is 0 Å². The molecule has 3 nitrogen and oxygen atoms in total. The first kappa shape index (κ1) is 14.9. The van der Waals surface area contributed by atoms with Gasteiger partial charge < -0.3 is 14.8 Å². The van der Waals surface area contributed by atoms with Crippen molar-refractivity contribution in [2.45, 2.75) is 25.8 Å². The number of fused-ring (bicyclic) bond motifs is 1. The summed E-state index contributed by atoms with van der Waals surface area (Å²) < 4.78 is 10.9. The minimum Gasteiger partial charge on any atom is -0.493 e. The topological polar surface area (TPSA) is 30.5 Å². The number of hydrogen-bond donors (Lipinski definition) is 1. The van der Waals surface area contributed by atoms with E-state index in [1.165, 1.54) is 22.3 Å². The van der Waals surface area contributed by atoms with E-state index < -0.39 is 0 Å². The molecule has 3 heteroatoms. The molecule has 0 radical (unpaired) electrons. The number of nitrogens with one attached hydrogen (secondary N) is 1. The zero-order chi connectivity index (χ0) is 15.5. The van der Waals surface area contributed by atoms with Gasteiger partial charge in [-0.15, -0.1) is 0 Å². The molecule has 22 heavy (non-hydrogen) atoms. The summed E-state index contributed by atoms with van der Waals surface area (Å²) in [6, 6.07) is 13.3. The molecule has 3 rings (SSSR count). The molecular weight excluding hydrogens is 274 g/mol. The molecular formula is C19H23NO2. The van der Waals surface area contributed by atoms with Crippen LogP contribution in [0.5, 0.6) is 11.5 Å². The van der Waals surface area contributed by atoms with Crippen LogP contribution in [0.3, 0.4) is 0 Å². The van der Waals surface area contributed by atoms with Gasteiger partial charge in [0.05, 0.1) is 14.2 Å². The maximum Gasteiger partial charge on any atom is 0.161 e. The van der Waals surface area contributed by atoms with E-state index in [9.17, 15) is 0 Å². The van der Waals surface area contributed by atoms with E-state index in [0.717, 1.165) is 30.9 Å². The lowest BCUT2D eigenvalue weighted by atomic mass is 9.89. The number of methoxy groups -OCH3 is 2. The van der Waals surface area contributed by atoms with Crippen molar-refractivity contribution >= 4 is 0 Å². The third-order valence-corrected chi connectivity index (χ3v) is 4.37. The summed E-state index contributed by atoms with van der Waals surface area (Å²) in [5, 5.41) is 3.63. The number of benzene rings is 2. The van der Waals surface area contributed by atoms with Crippen LogP contribution in [0.15, 0.2) is 36.4 Å². The molecule has 0 fully saturated rings. The Morgan fingerprint density at radius 1 is 1.05 bits per heavy atom. The second kappa shape index (κ2) is 6.41. The largest absolute Gasteiger partial charge is 0.493 e. The van der Waals surface area contributed by atoms with Crippen molar-refractivity contribution < 1.29 is 9.47 Å². The highest BCUT2D eigenvalue weighted by molar-refractivity contribution is 5.49. The maximum atomic E-state index is 5.46. The van der Waals surface area contributed by atoms with Gasteiger partial charge in [0.15, 0.2) is 11.5 Å². The first-order valence-electron chi connectivity index (χ1n) is 7.75. The van der Waals surface area contributed by atoms with Crippen molar-refractivity contribution in [2.24, 2.45) is 0 Å². The maximum absolute atomic E-state index is 5.46. The van der Waals surface area contributed by atoms with E-state index in [2.05, 4.69) is 48.6 Å². The van der Waals surface area contributed by atoms with Gasteiger partial charge in [0.25, 0.3) is 0 Å². The minimum absolute atomic E-state index is 0.325. The second-order valence-electron chi connectivity index (χ2n) is 5.85. The van der Waals surface area contributed by atoms with Gasteiger partial charge in [0.1, 0.15) is 0 Å². The van der Waals surface area contributed by atoms with Crippen molar-refractivity contribution in [3.63, 3.8) is 0 Å². The van der Waals surface area contributed by atoms with Gasteiger partial charge in [-0.25, -0.2) is 0 Å². The van der Waals surface area contributed by atoms with E-state index in [0.29, 0.717) is 6.04 Å². The predicted octanol–water partition coefficient (Wildman–Crippen LogP) is 3.44. The summed E-state index contributed by atoms with van der Waals surface area (Å²) in [5.74, 6) is 1.62. The lowest BCUT2D eigenvalue weighted by Crippen LogP contribution is -2.31. The third-order valence-electron chi connectivity index (χ3n) is 4.37. The van der Waals surface area contributed by atoms with Crippen molar-refractivity contribution in [2.75, 3.05) is 20.8 Å². The summed E-state index contributed by atoms with van der Waals surface area (Å²) in [5.41, 5.74) is 5.33. The zero-order valence-electron chi connectivity index (χ0n) is 13.5. The quantitative estimate of drug-likeness (QED) is 0.937. The molecule has 1 aliphatic rings. The van der Waals surface area contributed by atoms with Gasteiger partial charge in [-0.1, -0.05) is 29.8 Å². The Morgan fingerprint density at radius 2 is 1.73 bits per heavy atom. The molecule has 0 amide bonds. The lowest BCUT2D eigenvalue weighted by Gasteiger charge is -2.28. The number of aryl methyl sites for hydroxylation is 1. The Morgan fingerprint density at radius 3 is 2.41 bits per heavy atom. The summed E-state index contributed by atoms with van der Waals surface area (Å²) in [6.07, 6.45) is 2.02. The lowest BCUT2D eigenvalue weighted by molar-refractivity contribution is 0.352. The summed E-state index contributed by atoms with van der Waals surface area (Å²) in [4.78, 5) is 0. The Balaban J connectivity index is 1.91. The Kier molecular flexibility index (Phi) is 4.34. The molecule has 116 valence electrons. The smallest absolute Gasteiger partial charge is 0.161 e. The molecule has 1 atom stereocenters. The summed E-state index contributed by atoms with van der Waals surface area (Å²) >= 11 is 0. The third kappa shape index (κ3) is 2.95. The molecule has 1 N–H and O–H groups in total. The van der Waals surface area contributed by atoms with Gasteiger partial charge in [-0.05, 0) is 55.1 Å². The van der Waals surface area contributed by atoms with Crippen LogP contribution in [0, 0.1) is 6.92 Å². The standard InChI is InChI=1S/C19H23NO2/c1-13-4-6-14(7-5-13)10-17-16-12-19(22-3)18(21-2)11-15(16)8-9-20-17/h4-7,11-12,17,20H,8-10H2,1-3H3. The van der Waals surface area contributed by atoms with E-state index >= 15 is 0 Å². The first-order chi connectivity index (χ1) is 10.7. The minimum atomic E-state index is 0.325. The van der Waals surface area contributed by atoms with E-state index in [1.807, 2.05) is 0 Å². The van der Waals surface area contributed by atoms with Gasteiger partial charge in [-0.2, -0.15) is 0 Å². The fourth-order valence-corrected chi connectivity index (χ4v) is 3.11. The molecule has 0 aliphatic carbocycles. The van der Waals surface area contributed by atoms with Crippen LogP contribution in [0.1, 0.15) is 28.3 Å². The molecule has 1 unspecified atom stereocenters. The Labute approximate surface area is 132 Å². The normalized spacial score (nSPS) is 17.0. The van der Waals surface area contributed by atoms with Gasteiger partial charge in [0.2, 0.25) is 0 Å². The van der Waals surface area contributed by atoms with E-state index in [-0.39, 0.29) is 0 Å². The van der Waals surface area contributed by atoms with Crippen molar-refractivity contribution in [3.8, 4) is 11.5 Å². The Hall–Kier alpha value is -2.00. The summed E-state index contributed by atoms with van der Waals surface area (Å²) in [6.45, 7) is 3.12. The molecule has 0 saturated heterocycles. The van der Waals surface area contributed by atoms with Crippen molar-refractivity contribution in [1.82, 2.24) is 5.32 Å². The number of rotatable bonds is 4. The second-order valence-corrected chi connectivity index (χ2v) is 5.85. The fourth-order valence-electron chi connectivity index (χ4n) is 3.11. The average Bonchev–Trinajstić information content (AvgIpc) is 2.56. The Bertz CT molecular complexity index is 649. The highest BCUT2D eigenvalue weighted by atomic mass is 16.5. The molecule has 0 aromatic heterocycles. The zero-order valence-corrected chi connectivity index (χ0v) is 13.5. The molecule has 1 heterocycles. The van der Waals surface area contributed by atoms with Crippen LogP contribution >= 0.6 is 0 Å². The highest BCUT2D eigenvalue weighted by Gasteiger charge is 2.22. The van der Waals surface area contributed by atoms with Crippen LogP contribution in [-0.4, -0.2) is 20.8 Å². The van der Waals surface area contributed by atoms with Crippen LogP contribution in [0.4, 0.5) is 0 Å². The molecule has 1 aliphatic heterocycles. The van der Waals surface area contributed by atoms with Crippen molar-refractivity contribution in [3.05, 3.63) is 58.7 Å². The molecule has 0 saturated carbocycles. The molecule has 2 aromatic rings. The predicted molar refractivity (Wildman–Crippen MR) is 88.9 cm³/mol. The number of ether oxygens (including phenoxy) is 2. The van der Waals surface area contributed by atoms with Gasteiger partial charge in [-0.3, -0.25) is 0 Å². The van der Waals surface area contributed by atoms with Crippen molar-refractivity contribution in [1.29, 1.82) is 0 Å². The monoisotopic (exact) mass is 297 g/mol. The first-order valence-corrected chi connectivity index (χ1v) is 7.75. The fraction of sp³-hybridized carbons (Fsp3) is 0.368. The molecule has 0 spiro atoms. The SMILES string of the molecule is COc1cc2c(cc1OC)C(Cc1ccc(C)cc1)NCC2. The van der Waals surface area contributed by atoms with Crippen LogP contribution in [-0.2, 0) is 12.8 Å². The van der Waals surface area contributed by atoms with Crippen LogP contribution < -0.4 is 14.8 Å². The number of hydrogen-bond acceptors (Lipinski definition) is 3. The van der Waals surface area contributed by atoms with E-state index in [1.54, 1.807) is 14.2 Å². The molecule has 2 aromatic carbocycles. The van der Waals surface area contributed by atoms with Crippen LogP contribution in [0.25, 0.3) is 0 Å². The van der Waals surface area contributed by atoms with E-state index in [4.69, 9.17) is 9.47 Å². The highest BCUT2D eigenvalue weighted by Crippen LogP contribution is 2.36.